The average molecular weight is 128 g/mol. The first kappa shape index (κ1) is 15.7. The number of hydrogen-bond acceptors (Lipinski definition) is 3. The second kappa shape index (κ2) is 10.2. The van der Waals surface area contributed by atoms with Gasteiger partial charge in [0.05, 0.1) is 0 Å². The van der Waals surface area contributed by atoms with Gasteiger partial charge < -0.3 is 15.1 Å². The fourth-order valence-electron chi connectivity index (χ4n) is 0. The molecule has 0 spiro atoms. The first-order valence-corrected chi connectivity index (χ1v) is 0.775. The van der Waals surface area contributed by atoms with Gasteiger partial charge in [-0.25, -0.2) is 0 Å². The summed E-state index contributed by atoms with van der Waals surface area (Å²) in [5, 5.41) is 21.5. The van der Waals surface area contributed by atoms with Gasteiger partial charge in [0.25, 0.3) is 0 Å². The van der Waals surface area contributed by atoms with Crippen molar-refractivity contribution in [3.8, 4) is 0 Å². The second-order valence-corrected chi connectivity index (χ2v) is 0.346. The Labute approximate surface area is 88.2 Å². The average Bonchev–Trinajstić information content (AvgIpc) is 0.811. The van der Waals surface area contributed by atoms with Gasteiger partial charge in [-0.1, -0.05) is 0 Å². The summed E-state index contributed by atoms with van der Waals surface area (Å²) < 4.78 is 0. The molecule has 0 amide bonds. The van der Waals surface area contributed by atoms with E-state index in [1.165, 1.54) is 0 Å². The molecule has 6 heteroatoms. The van der Waals surface area contributed by atoms with Crippen LogP contribution in [0.2, 0.25) is 0 Å². The Balaban J connectivity index is -0.0000000450. The van der Waals surface area contributed by atoms with E-state index < -0.39 is 7.32 Å². The van der Waals surface area contributed by atoms with Gasteiger partial charge in [0, 0.05) is 0 Å². The summed E-state index contributed by atoms with van der Waals surface area (Å²) in [5.74, 6) is 0. The molecule has 6 heavy (non-hydrogen) atoms. The zero-order valence-electron chi connectivity index (χ0n) is 1.92. The molecular weight excluding hydrogens is 122 g/mol. The van der Waals surface area contributed by atoms with Crippen molar-refractivity contribution in [2.75, 3.05) is 0 Å². The molecule has 0 aliphatic carbocycles. The van der Waals surface area contributed by atoms with Crippen LogP contribution in [0.3, 0.4) is 0 Å². The van der Waals surface area contributed by atoms with Gasteiger partial charge in [-0.3, -0.25) is 0 Å². The molecule has 0 rings (SSSR count). The summed E-state index contributed by atoms with van der Waals surface area (Å²) in [5.41, 5.74) is 0. The van der Waals surface area contributed by atoms with Crippen molar-refractivity contribution in [2.45, 2.75) is 0 Å². The van der Waals surface area contributed by atoms with Crippen LogP contribution in [-0.2, 0) is 0 Å². The van der Waals surface area contributed by atoms with E-state index in [2.05, 4.69) is 0 Å². The van der Waals surface area contributed by atoms with Crippen molar-refractivity contribution in [2.24, 2.45) is 0 Å². The van der Waals surface area contributed by atoms with Gasteiger partial charge >= 0.3 is 74.6 Å². The Hall–Kier alpha value is 2.20. The van der Waals surface area contributed by atoms with Crippen molar-refractivity contribution in [3.63, 3.8) is 0 Å². The second-order valence-electron chi connectivity index (χ2n) is 0.346. The SMILES string of the molecule is OB(O)O.[CaH2].[NaH]. The van der Waals surface area contributed by atoms with Crippen LogP contribution in [0.15, 0.2) is 0 Å². The Morgan fingerprint density at radius 1 is 1.00 bits per heavy atom. The van der Waals surface area contributed by atoms with E-state index in [0.717, 1.165) is 0 Å². The Morgan fingerprint density at radius 3 is 1.00 bits per heavy atom. The Morgan fingerprint density at radius 2 is 1.00 bits per heavy atom. The van der Waals surface area contributed by atoms with Gasteiger partial charge in [0.15, 0.2) is 0 Å². The maximum atomic E-state index is 7.17. The van der Waals surface area contributed by atoms with Crippen LogP contribution in [-0.4, -0.2) is 89.7 Å². The van der Waals surface area contributed by atoms with Crippen LogP contribution < -0.4 is 0 Å². The molecule has 0 unspecified atom stereocenters. The molecule has 0 aromatic heterocycles. The third kappa shape index (κ3) is 34.6. The van der Waals surface area contributed by atoms with E-state index in [0.29, 0.717) is 0 Å². The zero-order chi connectivity index (χ0) is 3.58. The third-order valence-electron chi connectivity index (χ3n) is 0. The van der Waals surface area contributed by atoms with Crippen LogP contribution in [0.1, 0.15) is 0 Å². The monoisotopic (exact) mass is 128 g/mol. The van der Waals surface area contributed by atoms with Crippen LogP contribution in [0, 0.1) is 0 Å². The van der Waals surface area contributed by atoms with Gasteiger partial charge in [-0.15, -0.1) is 0 Å². The quantitative estimate of drug-likeness (QED) is 0.295. The van der Waals surface area contributed by atoms with Gasteiger partial charge in [-0.05, 0) is 0 Å². The summed E-state index contributed by atoms with van der Waals surface area (Å²) in [6.45, 7) is 0. The molecule has 0 saturated heterocycles. The minimum atomic E-state index is -2.17. The normalized spacial score (nSPS) is 4.50. The summed E-state index contributed by atoms with van der Waals surface area (Å²) in [6, 6.07) is 0. The molecule has 3 N–H and O–H groups in total. The molecule has 0 aliphatic heterocycles. The predicted molar refractivity (Wildman–Crippen MR) is 28.1 cm³/mol. The van der Waals surface area contributed by atoms with Crippen LogP contribution in [0.4, 0.5) is 0 Å². The standard InChI is InChI=1S/BH3O3.Ca.Na.3H/c2-1(3)4;;;;;/h2-4H;;;;;. The van der Waals surface area contributed by atoms with Crippen molar-refractivity contribution >= 4 is 74.6 Å². The van der Waals surface area contributed by atoms with E-state index in [1.54, 1.807) is 0 Å². The molecule has 3 nitrogen and oxygen atoms in total. The zero-order valence-corrected chi connectivity index (χ0v) is 1.92. The molecule has 0 aromatic carbocycles. The molecule has 0 aliphatic rings. The molecular formula is H6BCaNaO3. The van der Waals surface area contributed by atoms with Crippen molar-refractivity contribution < 1.29 is 15.1 Å². The van der Waals surface area contributed by atoms with E-state index >= 15 is 0 Å². The molecule has 30 valence electrons. The molecule has 0 bridgehead atoms. The minimum absolute atomic E-state index is 0. The van der Waals surface area contributed by atoms with Crippen molar-refractivity contribution in [1.82, 2.24) is 0 Å². The molecule has 0 radical (unpaired) electrons. The van der Waals surface area contributed by atoms with Crippen LogP contribution in [0.25, 0.3) is 0 Å². The molecule has 0 heterocycles. The summed E-state index contributed by atoms with van der Waals surface area (Å²) >= 11 is 0. The summed E-state index contributed by atoms with van der Waals surface area (Å²) in [6.07, 6.45) is 0. The Bertz CT molecular complexity index is 15.5. The molecule has 0 saturated carbocycles. The Kier molecular flexibility index (Phi) is 26.8. The number of hydrogen-bond donors (Lipinski definition) is 3. The van der Waals surface area contributed by atoms with Gasteiger partial charge in [-0.2, -0.15) is 0 Å². The van der Waals surface area contributed by atoms with Crippen LogP contribution in [0.5, 0.6) is 0 Å². The van der Waals surface area contributed by atoms with Crippen molar-refractivity contribution in [3.05, 3.63) is 0 Å². The van der Waals surface area contributed by atoms with E-state index in [-0.39, 0.29) is 67.3 Å². The van der Waals surface area contributed by atoms with Crippen LogP contribution >= 0.6 is 0 Å². The number of rotatable bonds is 0. The first-order valence-electron chi connectivity index (χ1n) is 0.775. The van der Waals surface area contributed by atoms with E-state index in [9.17, 15) is 0 Å². The summed E-state index contributed by atoms with van der Waals surface area (Å²) in [4.78, 5) is 0. The predicted octanol–water partition coefficient (Wildman–Crippen LogP) is -3.62. The van der Waals surface area contributed by atoms with Gasteiger partial charge in [0.2, 0.25) is 0 Å². The van der Waals surface area contributed by atoms with Gasteiger partial charge in [0.1, 0.15) is 0 Å². The molecule has 0 atom stereocenters. The third-order valence-corrected chi connectivity index (χ3v) is 0. The fraction of sp³-hybridized carbons (Fsp3) is 0. The van der Waals surface area contributed by atoms with Crippen molar-refractivity contribution in [1.29, 1.82) is 0 Å². The summed E-state index contributed by atoms with van der Waals surface area (Å²) in [7, 11) is -2.17. The van der Waals surface area contributed by atoms with E-state index in [1.807, 2.05) is 0 Å². The topological polar surface area (TPSA) is 60.7 Å². The van der Waals surface area contributed by atoms with E-state index in [4.69, 9.17) is 15.1 Å². The fourth-order valence-corrected chi connectivity index (χ4v) is 0. The maximum absolute atomic E-state index is 7.17. The molecule has 0 aromatic rings. The molecule has 0 fully saturated rings. The first-order chi connectivity index (χ1) is 1.73.